The standard InChI is InChI=1S/C20H24N2O4/c1-20(2,3)26-19(25)22-9-14(10-22)18(24)15-5-4-13-6-12(11-23)7-16(13)17(15)8-21/h4-5,11-12,14,18,24H,6-7,9-10H2,1-3H3. The third-order valence-electron chi connectivity index (χ3n) is 5.02. The van der Waals surface area contributed by atoms with Crippen LogP contribution in [-0.4, -0.2) is 41.1 Å². The van der Waals surface area contributed by atoms with Gasteiger partial charge in [0.2, 0.25) is 0 Å². The number of benzene rings is 1. The van der Waals surface area contributed by atoms with Gasteiger partial charge >= 0.3 is 6.09 Å². The predicted molar refractivity (Wildman–Crippen MR) is 94.4 cm³/mol. The van der Waals surface area contributed by atoms with Gasteiger partial charge in [-0.05, 0) is 50.3 Å². The molecule has 1 N–H and O–H groups in total. The number of fused-ring (bicyclic) bond motifs is 1. The molecule has 0 aromatic heterocycles. The fourth-order valence-corrected chi connectivity index (χ4v) is 3.67. The minimum Gasteiger partial charge on any atom is -0.444 e. The summed E-state index contributed by atoms with van der Waals surface area (Å²) in [5.74, 6) is -0.216. The number of hydrogen-bond donors (Lipinski definition) is 1. The third-order valence-corrected chi connectivity index (χ3v) is 5.02. The fourth-order valence-electron chi connectivity index (χ4n) is 3.67. The van der Waals surface area contributed by atoms with Gasteiger partial charge in [0, 0.05) is 24.9 Å². The van der Waals surface area contributed by atoms with Crippen molar-refractivity contribution in [1.29, 1.82) is 5.26 Å². The molecular weight excluding hydrogens is 332 g/mol. The number of nitriles is 1. The number of carbonyl (C=O) groups excluding carboxylic acids is 2. The van der Waals surface area contributed by atoms with E-state index in [9.17, 15) is 20.0 Å². The first-order valence-electron chi connectivity index (χ1n) is 8.89. The molecule has 0 spiro atoms. The highest BCUT2D eigenvalue weighted by Crippen LogP contribution is 2.37. The van der Waals surface area contributed by atoms with Crippen LogP contribution in [-0.2, 0) is 22.4 Å². The molecule has 6 heteroatoms. The van der Waals surface area contributed by atoms with E-state index in [1.54, 1.807) is 11.0 Å². The highest BCUT2D eigenvalue weighted by atomic mass is 16.6. The number of rotatable bonds is 3. The average Bonchev–Trinajstić information content (AvgIpc) is 2.93. The predicted octanol–water partition coefficient (Wildman–Crippen LogP) is 2.37. The monoisotopic (exact) mass is 356 g/mol. The molecule has 1 aromatic rings. The Bertz CT molecular complexity index is 769. The van der Waals surface area contributed by atoms with E-state index in [4.69, 9.17) is 4.74 Å². The van der Waals surface area contributed by atoms with Crippen LogP contribution in [0.3, 0.4) is 0 Å². The van der Waals surface area contributed by atoms with E-state index in [1.165, 1.54) is 0 Å². The van der Waals surface area contributed by atoms with Crippen LogP contribution < -0.4 is 0 Å². The van der Waals surface area contributed by atoms with Crippen LogP contribution in [0.2, 0.25) is 0 Å². The van der Waals surface area contributed by atoms with Crippen molar-refractivity contribution in [3.05, 3.63) is 34.4 Å². The van der Waals surface area contributed by atoms with Crippen LogP contribution in [0.4, 0.5) is 4.79 Å². The Labute approximate surface area is 153 Å². The van der Waals surface area contributed by atoms with E-state index in [0.29, 0.717) is 37.1 Å². The van der Waals surface area contributed by atoms with E-state index in [1.807, 2.05) is 26.8 Å². The van der Waals surface area contributed by atoms with Gasteiger partial charge < -0.3 is 19.5 Å². The highest BCUT2D eigenvalue weighted by Gasteiger charge is 2.39. The number of aliphatic hydroxyl groups is 1. The zero-order chi connectivity index (χ0) is 19.1. The average molecular weight is 356 g/mol. The molecule has 1 aliphatic heterocycles. The van der Waals surface area contributed by atoms with Gasteiger partial charge in [-0.25, -0.2) is 4.79 Å². The highest BCUT2D eigenvalue weighted by molar-refractivity contribution is 5.69. The van der Waals surface area contributed by atoms with Gasteiger partial charge in [-0.15, -0.1) is 0 Å². The molecule has 0 saturated carbocycles. The molecule has 0 bridgehead atoms. The molecule has 1 fully saturated rings. The Hall–Kier alpha value is -2.39. The summed E-state index contributed by atoms with van der Waals surface area (Å²) in [5.41, 5.74) is 2.41. The molecule has 1 saturated heterocycles. The first-order valence-corrected chi connectivity index (χ1v) is 8.89. The lowest BCUT2D eigenvalue weighted by atomic mass is 9.85. The second-order valence-electron chi connectivity index (χ2n) is 8.17. The van der Waals surface area contributed by atoms with Gasteiger partial charge in [0.1, 0.15) is 11.9 Å². The minimum absolute atomic E-state index is 0.0872. The summed E-state index contributed by atoms with van der Waals surface area (Å²) < 4.78 is 5.32. The van der Waals surface area contributed by atoms with Crippen LogP contribution in [0.15, 0.2) is 12.1 Å². The lowest BCUT2D eigenvalue weighted by Gasteiger charge is -2.42. The number of ether oxygens (including phenoxy) is 1. The summed E-state index contributed by atoms with van der Waals surface area (Å²) in [6.45, 7) is 6.23. The lowest BCUT2D eigenvalue weighted by Crippen LogP contribution is -2.53. The number of likely N-dealkylation sites (tertiary alicyclic amines) is 1. The Balaban J connectivity index is 1.71. The van der Waals surface area contributed by atoms with Gasteiger partial charge in [-0.2, -0.15) is 5.26 Å². The Kier molecular flexibility index (Phi) is 4.76. The maximum atomic E-state index is 12.0. The van der Waals surface area contributed by atoms with Crippen LogP contribution in [0.25, 0.3) is 0 Å². The molecule has 1 amide bonds. The SMILES string of the molecule is CC(C)(C)OC(=O)N1CC(C(O)c2ccc3c(c2C#N)CC(C=O)C3)C1. The Morgan fingerprint density at radius 2 is 2.08 bits per heavy atom. The summed E-state index contributed by atoms with van der Waals surface area (Å²) in [6, 6.07) is 5.90. The van der Waals surface area contributed by atoms with Crippen molar-refractivity contribution in [3.63, 3.8) is 0 Å². The molecule has 1 heterocycles. The van der Waals surface area contributed by atoms with Crippen molar-refractivity contribution < 1.29 is 19.4 Å². The third kappa shape index (κ3) is 3.45. The van der Waals surface area contributed by atoms with Gasteiger partial charge in [0.05, 0.1) is 17.7 Å². The summed E-state index contributed by atoms with van der Waals surface area (Å²) in [6.07, 6.45) is 0.937. The molecule has 3 rings (SSSR count). The number of aldehydes is 1. The second kappa shape index (κ2) is 6.73. The molecule has 2 aliphatic rings. The first-order chi connectivity index (χ1) is 12.2. The zero-order valence-corrected chi connectivity index (χ0v) is 15.4. The smallest absolute Gasteiger partial charge is 0.410 e. The number of nitrogens with zero attached hydrogens (tertiary/aromatic N) is 2. The normalized spacial score (nSPS) is 20.7. The molecule has 1 aromatic carbocycles. The van der Waals surface area contributed by atoms with Gasteiger partial charge in [0.25, 0.3) is 0 Å². The van der Waals surface area contributed by atoms with E-state index < -0.39 is 11.7 Å². The Morgan fingerprint density at radius 1 is 1.38 bits per heavy atom. The van der Waals surface area contributed by atoms with Crippen LogP contribution in [0.5, 0.6) is 0 Å². The quantitative estimate of drug-likeness (QED) is 0.840. The Morgan fingerprint density at radius 3 is 2.65 bits per heavy atom. The van der Waals surface area contributed by atoms with E-state index in [0.717, 1.165) is 17.4 Å². The maximum Gasteiger partial charge on any atom is 0.410 e. The van der Waals surface area contributed by atoms with E-state index >= 15 is 0 Å². The molecule has 1 aliphatic carbocycles. The van der Waals surface area contributed by atoms with Crippen LogP contribution in [0.1, 0.15) is 49.1 Å². The first kappa shape index (κ1) is 18.4. The number of aliphatic hydroxyl groups excluding tert-OH is 1. The second-order valence-corrected chi connectivity index (χ2v) is 8.17. The maximum absolute atomic E-state index is 12.0. The fraction of sp³-hybridized carbons (Fsp3) is 0.550. The summed E-state index contributed by atoms with van der Waals surface area (Å²) in [7, 11) is 0. The van der Waals surface area contributed by atoms with E-state index in [2.05, 4.69) is 6.07 Å². The molecule has 2 unspecified atom stereocenters. The summed E-state index contributed by atoms with van der Waals surface area (Å²) in [4.78, 5) is 24.7. The zero-order valence-electron chi connectivity index (χ0n) is 15.4. The molecule has 26 heavy (non-hydrogen) atoms. The summed E-state index contributed by atoms with van der Waals surface area (Å²) in [5, 5.41) is 20.3. The van der Waals surface area contributed by atoms with Crippen LogP contribution >= 0.6 is 0 Å². The van der Waals surface area contributed by atoms with Crippen molar-refractivity contribution in [2.24, 2.45) is 11.8 Å². The minimum atomic E-state index is -0.816. The number of hydrogen-bond acceptors (Lipinski definition) is 5. The van der Waals surface area contributed by atoms with Gasteiger partial charge in [0.15, 0.2) is 0 Å². The number of carbonyl (C=O) groups is 2. The molecule has 2 atom stereocenters. The van der Waals surface area contributed by atoms with E-state index in [-0.39, 0.29) is 17.9 Å². The van der Waals surface area contributed by atoms with Crippen molar-refractivity contribution in [2.75, 3.05) is 13.1 Å². The van der Waals surface area contributed by atoms with Crippen LogP contribution in [0, 0.1) is 23.2 Å². The largest absolute Gasteiger partial charge is 0.444 e. The van der Waals surface area contributed by atoms with Gasteiger partial charge in [-0.3, -0.25) is 0 Å². The lowest BCUT2D eigenvalue weighted by molar-refractivity contribution is -0.110. The summed E-state index contributed by atoms with van der Waals surface area (Å²) >= 11 is 0. The van der Waals surface area contributed by atoms with Crippen molar-refractivity contribution in [3.8, 4) is 6.07 Å². The van der Waals surface area contributed by atoms with Crippen molar-refractivity contribution >= 4 is 12.4 Å². The van der Waals surface area contributed by atoms with Gasteiger partial charge in [-0.1, -0.05) is 12.1 Å². The van der Waals surface area contributed by atoms with Crippen molar-refractivity contribution in [1.82, 2.24) is 4.90 Å². The number of amides is 1. The van der Waals surface area contributed by atoms with Crippen molar-refractivity contribution in [2.45, 2.75) is 45.3 Å². The molecule has 138 valence electrons. The molecular formula is C20H24N2O4. The molecule has 6 nitrogen and oxygen atoms in total. The topological polar surface area (TPSA) is 90.6 Å². The molecule has 0 radical (unpaired) electrons.